The zero-order chi connectivity index (χ0) is 6.41. The first-order valence-electron chi connectivity index (χ1n) is 2.76. The first kappa shape index (κ1) is 7.56. The summed E-state index contributed by atoms with van der Waals surface area (Å²) >= 11 is 0. The second kappa shape index (κ2) is 4.71. The summed E-state index contributed by atoms with van der Waals surface area (Å²) in [5, 5.41) is 3.18. The third-order valence-corrected chi connectivity index (χ3v) is 0.800. The Morgan fingerprint density at radius 2 is 2.38 bits per heavy atom. The van der Waals surface area contributed by atoms with Crippen LogP contribution >= 0.6 is 0 Å². The van der Waals surface area contributed by atoms with Crippen LogP contribution in [0.3, 0.4) is 0 Å². The third-order valence-electron chi connectivity index (χ3n) is 0.800. The summed E-state index contributed by atoms with van der Waals surface area (Å²) in [5.74, 6) is 0. The Labute approximate surface area is 49.5 Å². The van der Waals surface area contributed by atoms with E-state index in [1.807, 2.05) is 13.8 Å². The van der Waals surface area contributed by atoms with Gasteiger partial charge < -0.3 is 4.74 Å². The Bertz CT molecular complexity index is 65.4. The van der Waals surface area contributed by atoms with E-state index >= 15 is 0 Å². The Kier molecular flexibility index (Phi) is 4.45. The monoisotopic (exact) mass is 116 g/mol. The topological polar surface area (TPSA) is 45.4 Å². The minimum absolute atomic E-state index is 0.109. The van der Waals surface area contributed by atoms with Crippen LogP contribution in [0.2, 0.25) is 0 Å². The van der Waals surface area contributed by atoms with Gasteiger partial charge in [-0.1, -0.05) is 0 Å². The van der Waals surface area contributed by atoms with Crippen molar-refractivity contribution in [2.45, 2.75) is 20.0 Å². The van der Waals surface area contributed by atoms with Gasteiger partial charge in [0.1, 0.15) is 0 Å². The number of nitrogens with zero attached hydrogens (tertiary/aromatic N) is 1. The summed E-state index contributed by atoms with van der Waals surface area (Å²) in [7, 11) is 0. The highest BCUT2D eigenvalue weighted by atomic mass is 16.5. The van der Waals surface area contributed by atoms with Gasteiger partial charge >= 0.3 is 0 Å². The second-order valence-electron chi connectivity index (χ2n) is 1.61. The molecular weight excluding hydrogens is 104 g/mol. The van der Waals surface area contributed by atoms with Gasteiger partial charge in [-0.3, -0.25) is 0 Å². The van der Waals surface area contributed by atoms with Crippen molar-refractivity contribution in [1.82, 2.24) is 0 Å². The van der Waals surface area contributed by atoms with Crippen LogP contribution in [0.15, 0.2) is 5.11 Å². The van der Waals surface area contributed by atoms with Crippen LogP contribution in [0.25, 0.3) is 0 Å². The summed E-state index contributed by atoms with van der Waals surface area (Å²) < 4.78 is 5.07. The first-order valence-corrected chi connectivity index (χ1v) is 2.76. The van der Waals surface area contributed by atoms with Gasteiger partial charge in [-0.2, -0.15) is 5.11 Å². The Morgan fingerprint density at radius 3 is 2.75 bits per heavy atom. The van der Waals surface area contributed by atoms with E-state index in [0.717, 1.165) is 0 Å². The maximum Gasteiger partial charge on any atom is 0.0855 e. The maximum absolute atomic E-state index is 6.46. The highest BCUT2D eigenvalue weighted by Gasteiger charge is 1.95. The van der Waals surface area contributed by atoms with Crippen molar-refractivity contribution in [2.75, 3.05) is 13.2 Å². The molecule has 0 unspecified atom stereocenters. The molecule has 0 bridgehead atoms. The summed E-state index contributed by atoms with van der Waals surface area (Å²) in [4.78, 5) is 0. The molecule has 0 fully saturated rings. The minimum atomic E-state index is 0.109. The van der Waals surface area contributed by atoms with Crippen LogP contribution in [0.1, 0.15) is 13.8 Å². The van der Waals surface area contributed by atoms with Crippen LogP contribution in [0.4, 0.5) is 0 Å². The molecule has 8 heavy (non-hydrogen) atoms. The Hall–Kier alpha value is -0.440. The molecule has 3 heteroatoms. The SMILES string of the molecule is CCO[C@H](C)CN=N. The van der Waals surface area contributed by atoms with Crippen molar-refractivity contribution in [3.05, 3.63) is 0 Å². The highest BCUT2D eigenvalue weighted by Crippen LogP contribution is 1.88. The Morgan fingerprint density at radius 1 is 1.75 bits per heavy atom. The zero-order valence-electron chi connectivity index (χ0n) is 5.35. The van der Waals surface area contributed by atoms with Crippen LogP contribution in [0, 0.1) is 5.53 Å². The maximum atomic E-state index is 6.46. The van der Waals surface area contributed by atoms with Gasteiger partial charge in [0, 0.05) is 6.61 Å². The van der Waals surface area contributed by atoms with Gasteiger partial charge in [-0.05, 0) is 13.8 Å². The number of ether oxygens (including phenoxy) is 1. The largest absolute Gasteiger partial charge is 0.377 e. The Balaban J connectivity index is 3.03. The zero-order valence-corrected chi connectivity index (χ0v) is 5.35. The lowest BCUT2D eigenvalue weighted by molar-refractivity contribution is 0.0815. The van der Waals surface area contributed by atoms with E-state index in [2.05, 4.69) is 5.11 Å². The third kappa shape index (κ3) is 3.74. The lowest BCUT2D eigenvalue weighted by Crippen LogP contribution is -2.10. The van der Waals surface area contributed by atoms with E-state index in [-0.39, 0.29) is 6.10 Å². The van der Waals surface area contributed by atoms with Crippen molar-refractivity contribution >= 4 is 0 Å². The predicted molar refractivity (Wildman–Crippen MR) is 31.1 cm³/mol. The lowest BCUT2D eigenvalue weighted by atomic mass is 10.4. The molecule has 0 radical (unpaired) electrons. The molecule has 0 aliphatic heterocycles. The van der Waals surface area contributed by atoms with Gasteiger partial charge in [-0.25, -0.2) is 5.53 Å². The normalized spacial score (nSPS) is 13.2. The summed E-state index contributed by atoms with van der Waals surface area (Å²) in [6.07, 6.45) is 0.109. The van der Waals surface area contributed by atoms with Gasteiger partial charge in [0.15, 0.2) is 0 Å². The fourth-order valence-electron chi connectivity index (χ4n) is 0.466. The number of hydrogen-bond acceptors (Lipinski definition) is 3. The molecule has 48 valence electrons. The quantitative estimate of drug-likeness (QED) is 0.555. The van der Waals surface area contributed by atoms with Crippen molar-refractivity contribution in [1.29, 1.82) is 5.53 Å². The summed E-state index contributed by atoms with van der Waals surface area (Å²) in [6, 6.07) is 0. The van der Waals surface area contributed by atoms with E-state index in [4.69, 9.17) is 10.3 Å². The van der Waals surface area contributed by atoms with E-state index in [9.17, 15) is 0 Å². The molecule has 0 aliphatic carbocycles. The molecule has 1 N–H and O–H groups in total. The molecule has 0 spiro atoms. The summed E-state index contributed by atoms with van der Waals surface area (Å²) in [5.41, 5.74) is 6.46. The fraction of sp³-hybridized carbons (Fsp3) is 1.00. The van der Waals surface area contributed by atoms with Crippen LogP contribution in [-0.4, -0.2) is 19.3 Å². The molecule has 0 aromatic rings. The molecule has 0 rings (SSSR count). The molecule has 0 aromatic heterocycles. The number of nitrogens with one attached hydrogen (secondary N) is 1. The molecule has 0 aliphatic rings. The second-order valence-corrected chi connectivity index (χ2v) is 1.61. The first-order chi connectivity index (χ1) is 3.81. The van der Waals surface area contributed by atoms with E-state index < -0.39 is 0 Å². The number of rotatable bonds is 4. The smallest absolute Gasteiger partial charge is 0.0855 e. The van der Waals surface area contributed by atoms with E-state index in [0.29, 0.717) is 13.2 Å². The highest BCUT2D eigenvalue weighted by molar-refractivity contribution is 4.48. The molecule has 0 saturated heterocycles. The number of hydrogen-bond donors (Lipinski definition) is 1. The molecule has 0 saturated carbocycles. The van der Waals surface area contributed by atoms with E-state index in [1.165, 1.54) is 0 Å². The fourth-order valence-corrected chi connectivity index (χ4v) is 0.466. The average Bonchev–Trinajstić information content (AvgIpc) is 1.68. The predicted octanol–water partition coefficient (Wildman–Crippen LogP) is 1.44. The van der Waals surface area contributed by atoms with Gasteiger partial charge in [-0.15, -0.1) is 0 Å². The minimum Gasteiger partial charge on any atom is -0.377 e. The molecule has 0 heterocycles. The van der Waals surface area contributed by atoms with Crippen molar-refractivity contribution in [3.63, 3.8) is 0 Å². The van der Waals surface area contributed by atoms with Crippen LogP contribution < -0.4 is 0 Å². The lowest BCUT2D eigenvalue weighted by Gasteiger charge is -2.05. The molecular formula is C5H12N2O. The van der Waals surface area contributed by atoms with Crippen LogP contribution in [0.5, 0.6) is 0 Å². The van der Waals surface area contributed by atoms with Crippen LogP contribution in [-0.2, 0) is 4.74 Å². The van der Waals surface area contributed by atoms with Gasteiger partial charge in [0.05, 0.1) is 12.6 Å². The molecule has 0 aromatic carbocycles. The standard InChI is InChI=1S/C5H12N2O/c1-3-8-5(2)4-7-6/h5-6H,3-4H2,1-2H3/t5-/m1/s1. The summed E-state index contributed by atoms with van der Waals surface area (Å²) in [6.45, 7) is 5.02. The molecule has 3 nitrogen and oxygen atoms in total. The van der Waals surface area contributed by atoms with Crippen molar-refractivity contribution < 1.29 is 4.74 Å². The molecule has 1 atom stereocenters. The van der Waals surface area contributed by atoms with Gasteiger partial charge in [0.25, 0.3) is 0 Å². The van der Waals surface area contributed by atoms with E-state index in [1.54, 1.807) is 0 Å². The van der Waals surface area contributed by atoms with Crippen molar-refractivity contribution in [3.8, 4) is 0 Å². The van der Waals surface area contributed by atoms with Gasteiger partial charge in [0.2, 0.25) is 0 Å². The van der Waals surface area contributed by atoms with Crippen molar-refractivity contribution in [2.24, 2.45) is 5.11 Å². The molecule has 0 amide bonds. The average molecular weight is 116 g/mol.